The summed E-state index contributed by atoms with van der Waals surface area (Å²) in [6.45, 7) is 53.3. The Morgan fingerprint density at radius 2 is 0.559 bits per heavy atom. The number of aryl methyl sites for hydroxylation is 10. The first-order valence-electron chi connectivity index (χ1n) is 35.0. The predicted octanol–water partition coefficient (Wildman–Crippen LogP) is 25.9. The van der Waals surface area contributed by atoms with Gasteiger partial charge in [0, 0.05) is 33.8 Å². The number of rotatable bonds is 16. The van der Waals surface area contributed by atoms with Crippen LogP contribution in [-0.4, -0.2) is 15.0 Å². The Hall–Kier alpha value is -7.43. The normalized spacial score (nSPS) is 11.7. The first-order valence-corrected chi connectivity index (χ1v) is 35.0. The van der Waals surface area contributed by atoms with Gasteiger partial charge in [0.15, 0.2) is 17.5 Å². The summed E-state index contributed by atoms with van der Waals surface area (Å²) >= 11 is 0. The molecule has 0 amide bonds. The molecule has 0 saturated carbocycles. The van der Waals surface area contributed by atoms with Crippen molar-refractivity contribution in [2.45, 2.75) is 252 Å². The molecule has 1 aromatic heterocycles. The quantitative estimate of drug-likeness (QED) is 0.0904. The van der Waals surface area contributed by atoms with Crippen LogP contribution in [-0.2, 0) is 34.5 Å². The van der Waals surface area contributed by atoms with E-state index in [-0.39, 0.29) is 21.7 Å². The molecule has 0 saturated heterocycles. The van der Waals surface area contributed by atoms with Crippen LogP contribution < -0.4 is 4.90 Å². The molecule has 0 N–H and O–H groups in total. The average molecular weight is 1240 g/mol. The minimum atomic E-state index is 0.0969. The molecule has 0 spiro atoms. The number of nitrogens with zero attached hydrogens (tertiary/aromatic N) is 4. The number of hydrogen-bond donors (Lipinski definition) is 0. The van der Waals surface area contributed by atoms with Gasteiger partial charge in [0.1, 0.15) is 0 Å². The highest BCUT2D eigenvalue weighted by molar-refractivity contribution is 5.78. The van der Waals surface area contributed by atoms with Crippen LogP contribution in [0.5, 0.6) is 0 Å². The Morgan fingerprint density at radius 1 is 0.280 bits per heavy atom. The summed E-state index contributed by atoms with van der Waals surface area (Å²) in [7, 11) is 0. The van der Waals surface area contributed by atoms with E-state index in [0.29, 0.717) is 17.5 Å². The van der Waals surface area contributed by atoms with E-state index in [4.69, 9.17) is 15.0 Å². The van der Waals surface area contributed by atoms with Crippen LogP contribution in [0.15, 0.2) is 158 Å². The number of anilines is 3. The average Bonchev–Trinajstić information content (AvgIpc) is 0.801. The highest BCUT2D eigenvalue weighted by Gasteiger charge is 2.22. The maximum atomic E-state index is 4.94. The Kier molecular flexibility index (Phi) is 26.6. The summed E-state index contributed by atoms with van der Waals surface area (Å²) in [4.78, 5) is 17.2. The fraction of sp³-hybridized carbons (Fsp3) is 0.427. The van der Waals surface area contributed by atoms with Crippen LogP contribution in [0.3, 0.4) is 0 Å². The molecule has 0 aliphatic rings. The van der Waals surface area contributed by atoms with E-state index in [1.165, 1.54) is 159 Å². The Balaban J connectivity index is 0.000000214. The third-order valence-corrected chi connectivity index (χ3v) is 18.6. The molecule has 9 rings (SSSR count). The van der Waals surface area contributed by atoms with Crippen molar-refractivity contribution in [3.05, 3.63) is 247 Å². The number of benzene rings is 8. The van der Waals surface area contributed by atoms with E-state index < -0.39 is 0 Å². The second-order valence-electron chi connectivity index (χ2n) is 30.8. The van der Waals surface area contributed by atoms with Crippen molar-refractivity contribution >= 4 is 17.1 Å². The monoisotopic (exact) mass is 1240 g/mol. The lowest BCUT2D eigenvalue weighted by molar-refractivity contribution is 0.590. The predicted molar refractivity (Wildman–Crippen MR) is 408 cm³/mol. The van der Waals surface area contributed by atoms with E-state index >= 15 is 0 Å². The molecule has 494 valence electrons. The summed E-state index contributed by atoms with van der Waals surface area (Å²) < 4.78 is 0. The standard InChI is InChI=1S/C32H37N3.C29H37N.C20H34.C8H10/c1-20-18-25(19-21(2)22(20)3)30-34-28(23-10-14-26(15-11-23)31(4,5)6)33-29(35-30)24-12-16-27(17-13-24)32(7,8)9;1-20-18-27(19-21(2)22(20)3)30(25-14-10-23(11-15-25)28(4,5)6)26-16-12-24(13-17-26)29(7,8)9;1-5-7-9-11-13-19-15-18(4)20(16-17(19)3)14-12-10-8-6-2;1-7-3-5-8(2)6-4-7/h10-19H,1-9H3;10-19H,1-9H3;15-16H,5-14H2,1-4H3;3-6H,1-2H3. The highest BCUT2D eigenvalue weighted by atomic mass is 15.1. The summed E-state index contributed by atoms with van der Waals surface area (Å²) in [5.41, 5.74) is 29.0. The van der Waals surface area contributed by atoms with Crippen LogP contribution in [0, 0.1) is 69.2 Å². The first kappa shape index (κ1) is 74.6. The minimum Gasteiger partial charge on any atom is -0.310 e. The molecule has 0 aliphatic heterocycles. The van der Waals surface area contributed by atoms with Gasteiger partial charge in [-0.3, -0.25) is 0 Å². The largest absolute Gasteiger partial charge is 0.310 e. The first-order chi connectivity index (χ1) is 43.7. The zero-order valence-corrected chi connectivity index (χ0v) is 62.4. The van der Waals surface area contributed by atoms with E-state index in [1.54, 1.807) is 11.1 Å². The molecule has 0 radical (unpaired) electrons. The molecule has 1 heterocycles. The lowest BCUT2D eigenvalue weighted by atomic mass is 9.86. The van der Waals surface area contributed by atoms with Crippen LogP contribution in [0.25, 0.3) is 34.2 Å². The van der Waals surface area contributed by atoms with E-state index in [2.05, 4.69) is 329 Å². The SMILES string of the molecule is CCCCCCc1cc(C)c(CCCCCC)cc1C.Cc1cc(-c2nc(-c3ccc(C(C)(C)C)cc3)nc(-c3ccc(C(C)(C)C)cc3)n2)cc(C)c1C.Cc1cc(N(c2ccc(C(C)(C)C)cc2)c2ccc(C(C)(C)C)cc2)cc(C)c1C.Cc1ccc(C)cc1. The molecule has 8 aromatic carbocycles. The second kappa shape index (κ2) is 33.1. The van der Waals surface area contributed by atoms with Gasteiger partial charge in [-0.15, -0.1) is 0 Å². The summed E-state index contributed by atoms with van der Waals surface area (Å²) in [5.74, 6) is 2.10. The molecule has 4 nitrogen and oxygen atoms in total. The van der Waals surface area contributed by atoms with Gasteiger partial charge >= 0.3 is 0 Å². The van der Waals surface area contributed by atoms with Crippen molar-refractivity contribution in [3.8, 4) is 34.2 Å². The van der Waals surface area contributed by atoms with Gasteiger partial charge in [0.05, 0.1) is 0 Å². The van der Waals surface area contributed by atoms with Gasteiger partial charge in [0.2, 0.25) is 0 Å². The zero-order valence-electron chi connectivity index (χ0n) is 62.4. The molecule has 0 atom stereocenters. The molecule has 0 aliphatic carbocycles. The number of unbranched alkanes of at least 4 members (excludes halogenated alkanes) is 6. The van der Waals surface area contributed by atoms with Crippen molar-refractivity contribution < 1.29 is 0 Å². The summed E-state index contributed by atoms with van der Waals surface area (Å²) in [6, 6.07) is 57.6. The Labute approximate surface area is 566 Å². The maximum absolute atomic E-state index is 4.94. The minimum absolute atomic E-state index is 0.0969. The summed E-state index contributed by atoms with van der Waals surface area (Å²) in [6.07, 6.45) is 13.4. The molecule has 9 aromatic rings. The second-order valence-corrected chi connectivity index (χ2v) is 30.8. The van der Waals surface area contributed by atoms with Gasteiger partial charge in [-0.2, -0.15) is 0 Å². The molecule has 0 fully saturated rings. The van der Waals surface area contributed by atoms with Gasteiger partial charge in [-0.25, -0.2) is 15.0 Å². The molecule has 0 bridgehead atoms. The van der Waals surface area contributed by atoms with Crippen molar-refractivity contribution in [2.24, 2.45) is 0 Å². The fourth-order valence-corrected chi connectivity index (χ4v) is 11.6. The van der Waals surface area contributed by atoms with Gasteiger partial charge in [-0.05, 0) is 243 Å². The van der Waals surface area contributed by atoms with E-state index in [9.17, 15) is 0 Å². The summed E-state index contributed by atoms with van der Waals surface area (Å²) in [5, 5.41) is 0. The van der Waals surface area contributed by atoms with Crippen LogP contribution in [0.1, 0.15) is 237 Å². The van der Waals surface area contributed by atoms with Gasteiger partial charge < -0.3 is 4.90 Å². The van der Waals surface area contributed by atoms with E-state index in [0.717, 1.165) is 16.7 Å². The molecule has 0 unspecified atom stereocenters. The van der Waals surface area contributed by atoms with Crippen molar-refractivity contribution in [1.29, 1.82) is 0 Å². The van der Waals surface area contributed by atoms with Crippen molar-refractivity contribution in [3.63, 3.8) is 0 Å². The van der Waals surface area contributed by atoms with Crippen LogP contribution in [0.4, 0.5) is 17.1 Å². The van der Waals surface area contributed by atoms with Crippen molar-refractivity contribution in [2.75, 3.05) is 4.90 Å². The topological polar surface area (TPSA) is 41.9 Å². The smallest absolute Gasteiger partial charge is 0.164 e. The third kappa shape index (κ3) is 21.8. The molecule has 93 heavy (non-hydrogen) atoms. The van der Waals surface area contributed by atoms with Gasteiger partial charge in [-0.1, -0.05) is 256 Å². The number of hydrogen-bond acceptors (Lipinski definition) is 4. The van der Waals surface area contributed by atoms with Crippen LogP contribution >= 0.6 is 0 Å². The number of aromatic nitrogens is 3. The van der Waals surface area contributed by atoms with E-state index in [1.807, 2.05) is 0 Å². The van der Waals surface area contributed by atoms with Crippen molar-refractivity contribution in [1.82, 2.24) is 15.0 Å². The fourth-order valence-electron chi connectivity index (χ4n) is 11.6. The Morgan fingerprint density at radius 3 is 0.849 bits per heavy atom. The molecular formula is C89H118N4. The highest BCUT2D eigenvalue weighted by Crippen LogP contribution is 2.39. The molecular weight excluding hydrogens is 1130 g/mol. The lowest BCUT2D eigenvalue weighted by Gasteiger charge is -2.29. The molecule has 4 heteroatoms. The zero-order chi connectivity index (χ0) is 68.6. The third-order valence-electron chi connectivity index (χ3n) is 18.6. The lowest BCUT2D eigenvalue weighted by Crippen LogP contribution is -2.14. The van der Waals surface area contributed by atoms with Gasteiger partial charge in [0.25, 0.3) is 0 Å². The Bertz CT molecular complexity index is 3560. The van der Waals surface area contributed by atoms with Crippen LogP contribution in [0.2, 0.25) is 0 Å². The maximum Gasteiger partial charge on any atom is 0.164 e.